The molecule has 0 aliphatic heterocycles. The Morgan fingerprint density at radius 1 is 1.36 bits per heavy atom. The highest BCUT2D eigenvalue weighted by Crippen LogP contribution is 2.23. The lowest BCUT2D eigenvalue weighted by atomic mass is 9.91. The molecule has 4 heteroatoms. The van der Waals surface area contributed by atoms with Crippen LogP contribution in [0.15, 0.2) is 4.99 Å². The van der Waals surface area contributed by atoms with Crippen molar-refractivity contribution in [1.29, 1.82) is 0 Å². The highest BCUT2D eigenvalue weighted by Gasteiger charge is 2.32. The summed E-state index contributed by atoms with van der Waals surface area (Å²) in [6.07, 6.45) is 1.55. The van der Waals surface area contributed by atoms with Gasteiger partial charge in [0, 0.05) is 6.54 Å². The van der Waals surface area contributed by atoms with Crippen LogP contribution in [-0.4, -0.2) is 31.6 Å². The summed E-state index contributed by atoms with van der Waals surface area (Å²) in [7, 11) is 1.44. The van der Waals surface area contributed by atoms with Crippen LogP contribution in [0, 0.1) is 0 Å². The third kappa shape index (κ3) is 3.16. The highest BCUT2D eigenvalue weighted by molar-refractivity contribution is 6.55. The maximum Gasteiger partial charge on any atom is 0.243 e. The van der Waals surface area contributed by atoms with E-state index in [1.807, 2.05) is 27.7 Å². The summed E-state index contributed by atoms with van der Waals surface area (Å²) < 4.78 is 5.38. The lowest BCUT2D eigenvalue weighted by Crippen LogP contribution is -2.41. The average molecular weight is 197 g/mol. The molecule has 80 valence electrons. The molecule has 3 nitrogen and oxygen atoms in total. The molecular formula is C10H20BNO2. The van der Waals surface area contributed by atoms with E-state index in [2.05, 4.69) is 4.99 Å². The van der Waals surface area contributed by atoms with Gasteiger partial charge in [0.2, 0.25) is 13.7 Å². The van der Waals surface area contributed by atoms with Crippen molar-refractivity contribution in [2.75, 3.05) is 6.54 Å². The van der Waals surface area contributed by atoms with Crippen molar-refractivity contribution in [3.8, 4) is 0 Å². The van der Waals surface area contributed by atoms with E-state index >= 15 is 0 Å². The summed E-state index contributed by atoms with van der Waals surface area (Å²) in [5, 5.41) is 0. The van der Waals surface area contributed by atoms with E-state index in [1.165, 1.54) is 7.85 Å². The molecular weight excluding hydrogens is 177 g/mol. The molecule has 0 rings (SSSR count). The first-order valence-electron chi connectivity index (χ1n) is 5.23. The van der Waals surface area contributed by atoms with Gasteiger partial charge in [0.1, 0.15) is 5.60 Å². The summed E-state index contributed by atoms with van der Waals surface area (Å²) in [5.41, 5.74) is 0.433. The molecule has 0 saturated carbocycles. The van der Waals surface area contributed by atoms with E-state index < -0.39 is 5.60 Å². The number of ether oxygens (including phenoxy) is 1. The summed E-state index contributed by atoms with van der Waals surface area (Å²) in [4.78, 5) is 15.3. The summed E-state index contributed by atoms with van der Waals surface area (Å²) in [5.74, 6) is -0.237. The number of nitrogens with zero attached hydrogens (tertiary/aromatic N) is 1. The second-order valence-electron chi connectivity index (χ2n) is 3.35. The van der Waals surface area contributed by atoms with E-state index in [0.29, 0.717) is 0 Å². The second kappa shape index (κ2) is 5.84. The van der Waals surface area contributed by atoms with E-state index in [1.54, 1.807) is 0 Å². The molecule has 0 spiro atoms. The number of carbonyl (C=O) groups is 1. The third-order valence-electron chi connectivity index (χ3n) is 2.54. The van der Waals surface area contributed by atoms with Crippen LogP contribution in [0.3, 0.4) is 0 Å². The minimum absolute atomic E-state index is 0.237. The van der Waals surface area contributed by atoms with Gasteiger partial charge in [0.05, 0.1) is 5.71 Å². The molecule has 0 atom stereocenters. The first kappa shape index (κ1) is 13.2. The normalized spacial score (nSPS) is 12.7. The van der Waals surface area contributed by atoms with Crippen molar-refractivity contribution < 1.29 is 9.53 Å². The maximum absolute atomic E-state index is 11.0. The molecule has 0 aromatic carbocycles. The molecule has 0 aromatic rings. The monoisotopic (exact) mass is 197 g/mol. The number of aliphatic imine (C=N–C) groups is 1. The van der Waals surface area contributed by atoms with E-state index in [0.717, 1.165) is 25.1 Å². The zero-order valence-corrected chi connectivity index (χ0v) is 9.89. The zero-order chi connectivity index (χ0) is 11.2. The van der Waals surface area contributed by atoms with Crippen LogP contribution < -0.4 is 0 Å². The topological polar surface area (TPSA) is 38.7 Å². The number of rotatable bonds is 5. The average Bonchev–Trinajstić information content (AvgIpc) is 2.14. The Bertz CT molecular complexity index is 222. The van der Waals surface area contributed by atoms with Gasteiger partial charge in [0.15, 0.2) is 0 Å². The van der Waals surface area contributed by atoms with Gasteiger partial charge in [-0.15, -0.1) is 0 Å². The van der Waals surface area contributed by atoms with Crippen molar-refractivity contribution in [2.24, 2.45) is 4.99 Å². The molecule has 0 N–H and O–H groups in total. The standard InChI is InChI=1S/C10H20BNO2/c1-5-10(6-2,14-9(11)13)8(4)12-7-3/h5-7,11H2,1-4H3/b12-8-. The molecule has 0 fully saturated rings. The summed E-state index contributed by atoms with van der Waals surface area (Å²) in [6, 6.07) is 0. The second-order valence-corrected chi connectivity index (χ2v) is 3.35. The van der Waals surface area contributed by atoms with Gasteiger partial charge in [0.25, 0.3) is 0 Å². The van der Waals surface area contributed by atoms with Gasteiger partial charge in [-0.05, 0) is 26.7 Å². The molecule has 0 unspecified atom stereocenters. The van der Waals surface area contributed by atoms with Crippen molar-refractivity contribution in [3.05, 3.63) is 0 Å². The van der Waals surface area contributed by atoms with Crippen LogP contribution in [-0.2, 0) is 4.74 Å². The molecule has 0 heterocycles. The van der Waals surface area contributed by atoms with Gasteiger partial charge in [-0.3, -0.25) is 9.79 Å². The lowest BCUT2D eigenvalue weighted by Gasteiger charge is -2.31. The molecule has 0 aromatic heterocycles. The van der Waals surface area contributed by atoms with Crippen LogP contribution in [0.1, 0.15) is 40.5 Å². The predicted octanol–water partition coefficient (Wildman–Crippen LogP) is 1.80. The fourth-order valence-electron chi connectivity index (χ4n) is 1.64. The highest BCUT2D eigenvalue weighted by atomic mass is 16.6. The molecule has 0 amide bonds. The lowest BCUT2D eigenvalue weighted by molar-refractivity contribution is 0.0738. The van der Waals surface area contributed by atoms with Crippen LogP contribution >= 0.6 is 0 Å². The number of carbonyl (C=O) groups excluding carboxylic acids is 1. The Morgan fingerprint density at radius 3 is 2.14 bits per heavy atom. The molecule has 0 aliphatic rings. The fourth-order valence-corrected chi connectivity index (χ4v) is 1.64. The first-order chi connectivity index (χ1) is 6.52. The molecule has 0 saturated heterocycles. The summed E-state index contributed by atoms with van der Waals surface area (Å²) >= 11 is 0. The molecule has 0 aliphatic carbocycles. The smallest absolute Gasteiger partial charge is 0.243 e. The van der Waals surface area contributed by atoms with Crippen molar-refractivity contribution in [2.45, 2.75) is 46.1 Å². The minimum Gasteiger partial charge on any atom is -0.461 e. The molecule has 0 bridgehead atoms. The quantitative estimate of drug-likeness (QED) is 0.497. The predicted molar refractivity (Wildman–Crippen MR) is 62.0 cm³/mol. The zero-order valence-electron chi connectivity index (χ0n) is 9.89. The Morgan fingerprint density at radius 2 is 1.86 bits per heavy atom. The largest absolute Gasteiger partial charge is 0.461 e. The van der Waals surface area contributed by atoms with Crippen LogP contribution in [0.5, 0.6) is 0 Å². The molecule has 14 heavy (non-hydrogen) atoms. The van der Waals surface area contributed by atoms with Crippen LogP contribution in [0.2, 0.25) is 0 Å². The fraction of sp³-hybridized carbons (Fsp3) is 0.800. The van der Waals surface area contributed by atoms with Crippen LogP contribution in [0.4, 0.5) is 4.79 Å². The van der Waals surface area contributed by atoms with Gasteiger partial charge < -0.3 is 4.74 Å². The van der Waals surface area contributed by atoms with Crippen molar-refractivity contribution in [3.63, 3.8) is 0 Å². The maximum atomic E-state index is 11.0. The Balaban J connectivity index is 4.86. The van der Waals surface area contributed by atoms with Gasteiger partial charge >= 0.3 is 0 Å². The minimum atomic E-state index is -0.484. The summed E-state index contributed by atoms with van der Waals surface area (Å²) in [6.45, 7) is 8.67. The van der Waals surface area contributed by atoms with E-state index in [-0.39, 0.29) is 5.87 Å². The van der Waals surface area contributed by atoms with Gasteiger partial charge in [-0.25, -0.2) is 0 Å². The first-order valence-corrected chi connectivity index (χ1v) is 5.23. The Hall–Kier alpha value is -0.795. The van der Waals surface area contributed by atoms with Gasteiger partial charge in [-0.2, -0.15) is 0 Å². The van der Waals surface area contributed by atoms with Gasteiger partial charge in [-0.1, -0.05) is 13.8 Å². The van der Waals surface area contributed by atoms with Crippen molar-refractivity contribution in [1.82, 2.24) is 0 Å². The SMILES string of the molecule is BC(=O)OC(CC)(CC)/C(C)=N\CC. The van der Waals surface area contributed by atoms with Crippen molar-refractivity contribution >= 4 is 19.4 Å². The number of hydrogen-bond donors (Lipinski definition) is 0. The van der Waals surface area contributed by atoms with Crippen LogP contribution in [0.25, 0.3) is 0 Å². The Kier molecular flexibility index (Phi) is 5.50. The van der Waals surface area contributed by atoms with E-state index in [9.17, 15) is 4.79 Å². The molecule has 0 radical (unpaired) electrons. The number of hydrogen-bond acceptors (Lipinski definition) is 3. The van der Waals surface area contributed by atoms with E-state index in [4.69, 9.17) is 4.74 Å². The third-order valence-corrected chi connectivity index (χ3v) is 2.54. The Labute approximate surface area is 87.3 Å².